The third kappa shape index (κ3) is 4.31. The van der Waals surface area contributed by atoms with Gasteiger partial charge in [0, 0.05) is 30.0 Å². The van der Waals surface area contributed by atoms with Crippen LogP contribution in [-0.2, 0) is 0 Å². The zero-order chi connectivity index (χ0) is 19.7. The number of hydrogen-bond acceptors (Lipinski definition) is 4. The average Bonchev–Trinajstić information content (AvgIpc) is 3.45. The van der Waals surface area contributed by atoms with Crippen molar-refractivity contribution in [1.82, 2.24) is 15.1 Å². The highest BCUT2D eigenvalue weighted by Crippen LogP contribution is 2.37. The molecule has 5 nitrogen and oxygen atoms in total. The van der Waals surface area contributed by atoms with Crippen LogP contribution in [-0.4, -0.2) is 21.9 Å². The molecule has 1 heterocycles. The number of nitrogens with one attached hydrogen (secondary N) is 2. The summed E-state index contributed by atoms with van der Waals surface area (Å²) in [5.41, 5.74) is 0.589. The van der Waals surface area contributed by atoms with Crippen LogP contribution in [0.5, 0.6) is 0 Å². The van der Waals surface area contributed by atoms with E-state index in [4.69, 9.17) is 11.6 Å². The fourth-order valence-electron chi connectivity index (χ4n) is 4.18. The van der Waals surface area contributed by atoms with Gasteiger partial charge in [-0.15, -0.1) is 0 Å². The van der Waals surface area contributed by atoms with E-state index >= 15 is 0 Å². The van der Waals surface area contributed by atoms with Gasteiger partial charge in [0.15, 0.2) is 5.82 Å². The lowest BCUT2D eigenvalue weighted by molar-refractivity contribution is 0.215. The van der Waals surface area contributed by atoms with Crippen molar-refractivity contribution in [2.45, 2.75) is 57.2 Å². The Morgan fingerprint density at radius 3 is 2.82 bits per heavy atom. The van der Waals surface area contributed by atoms with Gasteiger partial charge in [0.1, 0.15) is 5.82 Å². The van der Waals surface area contributed by atoms with E-state index in [1.54, 1.807) is 6.07 Å². The van der Waals surface area contributed by atoms with Gasteiger partial charge in [-0.25, -0.2) is 4.39 Å². The molecule has 0 spiro atoms. The molecule has 1 aromatic heterocycles. The molecule has 0 amide bonds. The van der Waals surface area contributed by atoms with Crippen LogP contribution in [0.15, 0.2) is 30.5 Å². The average molecular weight is 402 g/mol. The molecule has 148 valence electrons. The molecule has 2 saturated carbocycles. The molecular formula is C21H25ClFN5. The minimum atomic E-state index is -0.470. The number of aromatic nitrogens is 2. The van der Waals surface area contributed by atoms with Gasteiger partial charge in [-0.2, -0.15) is 10.4 Å². The standard InChI is InChI=1S/C21H25ClFN5/c1-13(14-2-3-14)25-16-5-7-20(15(10-16)12-24)28-9-8-21(27-28)26-17-4-6-18(22)19(23)11-17/h4,6,8-9,11,13-16,20,25H,2-3,5,7,10H2,1H3,(H,26,27). The Kier molecular flexibility index (Phi) is 5.56. The van der Waals surface area contributed by atoms with Crippen LogP contribution in [0.25, 0.3) is 0 Å². The maximum absolute atomic E-state index is 13.6. The van der Waals surface area contributed by atoms with Gasteiger partial charge in [-0.05, 0) is 63.1 Å². The molecule has 2 aliphatic carbocycles. The van der Waals surface area contributed by atoms with E-state index in [1.165, 1.54) is 25.0 Å². The van der Waals surface area contributed by atoms with Gasteiger partial charge >= 0.3 is 0 Å². The van der Waals surface area contributed by atoms with Crippen molar-refractivity contribution in [3.8, 4) is 6.07 Å². The van der Waals surface area contributed by atoms with E-state index in [2.05, 4.69) is 28.7 Å². The first-order valence-electron chi connectivity index (χ1n) is 9.96. The van der Waals surface area contributed by atoms with Gasteiger partial charge in [0.2, 0.25) is 0 Å². The zero-order valence-electron chi connectivity index (χ0n) is 15.9. The second kappa shape index (κ2) is 8.10. The summed E-state index contributed by atoms with van der Waals surface area (Å²) in [7, 11) is 0. The number of halogens is 2. The summed E-state index contributed by atoms with van der Waals surface area (Å²) in [5.74, 6) is 0.900. The minimum Gasteiger partial charge on any atom is -0.339 e. The summed E-state index contributed by atoms with van der Waals surface area (Å²) in [4.78, 5) is 0. The molecule has 2 N–H and O–H groups in total. The quantitative estimate of drug-likeness (QED) is 0.711. The van der Waals surface area contributed by atoms with Gasteiger partial charge < -0.3 is 10.6 Å². The van der Waals surface area contributed by atoms with Crippen molar-refractivity contribution < 1.29 is 4.39 Å². The third-order valence-electron chi connectivity index (χ3n) is 5.95. The first-order chi connectivity index (χ1) is 13.5. The Morgan fingerprint density at radius 2 is 2.11 bits per heavy atom. The van der Waals surface area contributed by atoms with Crippen LogP contribution in [0.3, 0.4) is 0 Å². The Morgan fingerprint density at radius 1 is 1.29 bits per heavy atom. The van der Waals surface area contributed by atoms with Gasteiger partial charge in [0.05, 0.1) is 23.1 Å². The highest BCUT2D eigenvalue weighted by atomic mass is 35.5. The smallest absolute Gasteiger partial charge is 0.152 e. The van der Waals surface area contributed by atoms with Gasteiger partial charge in [-0.1, -0.05) is 11.6 Å². The Hall–Kier alpha value is -2.10. The van der Waals surface area contributed by atoms with Crippen molar-refractivity contribution in [2.75, 3.05) is 5.32 Å². The van der Waals surface area contributed by atoms with E-state index in [0.717, 1.165) is 25.2 Å². The predicted octanol–water partition coefficient (Wildman–Crippen LogP) is 5.04. The summed E-state index contributed by atoms with van der Waals surface area (Å²) < 4.78 is 15.5. The van der Waals surface area contributed by atoms with E-state index in [1.807, 2.05) is 16.9 Å². The van der Waals surface area contributed by atoms with E-state index in [9.17, 15) is 9.65 Å². The molecular weight excluding hydrogens is 377 g/mol. The summed E-state index contributed by atoms with van der Waals surface area (Å²) in [6, 6.07) is 9.92. The Bertz CT molecular complexity index is 872. The molecule has 28 heavy (non-hydrogen) atoms. The number of nitriles is 1. The molecule has 4 atom stereocenters. The molecule has 2 fully saturated rings. The maximum Gasteiger partial charge on any atom is 0.152 e. The first kappa shape index (κ1) is 19.2. The summed E-state index contributed by atoms with van der Waals surface area (Å²) >= 11 is 5.73. The molecule has 4 unspecified atom stereocenters. The van der Waals surface area contributed by atoms with Crippen LogP contribution in [0, 0.1) is 29.0 Å². The molecule has 7 heteroatoms. The maximum atomic E-state index is 13.6. The van der Waals surface area contributed by atoms with Crippen LogP contribution < -0.4 is 10.6 Å². The van der Waals surface area contributed by atoms with E-state index in [0.29, 0.717) is 23.6 Å². The van der Waals surface area contributed by atoms with Crippen LogP contribution >= 0.6 is 11.6 Å². The second-order valence-electron chi connectivity index (χ2n) is 8.04. The molecule has 4 rings (SSSR count). The molecule has 0 bridgehead atoms. The summed E-state index contributed by atoms with van der Waals surface area (Å²) in [5, 5.41) is 21.2. The van der Waals surface area contributed by atoms with Crippen molar-refractivity contribution >= 4 is 23.1 Å². The fraction of sp³-hybridized carbons (Fsp3) is 0.524. The molecule has 0 radical (unpaired) electrons. The summed E-state index contributed by atoms with van der Waals surface area (Å²) in [6.45, 7) is 2.26. The lowest BCUT2D eigenvalue weighted by Gasteiger charge is -2.34. The van der Waals surface area contributed by atoms with E-state index in [-0.39, 0.29) is 17.0 Å². The number of nitrogens with zero attached hydrogens (tertiary/aromatic N) is 3. The highest BCUT2D eigenvalue weighted by Gasteiger charge is 2.35. The monoisotopic (exact) mass is 401 g/mol. The molecule has 2 aromatic rings. The van der Waals surface area contributed by atoms with Crippen molar-refractivity contribution in [3.05, 3.63) is 41.3 Å². The van der Waals surface area contributed by atoms with Crippen molar-refractivity contribution in [3.63, 3.8) is 0 Å². The number of rotatable bonds is 6. The van der Waals surface area contributed by atoms with E-state index < -0.39 is 5.82 Å². The lowest BCUT2D eigenvalue weighted by Crippen LogP contribution is -2.43. The van der Waals surface area contributed by atoms with Gasteiger partial charge in [-0.3, -0.25) is 4.68 Å². The highest BCUT2D eigenvalue weighted by molar-refractivity contribution is 6.30. The molecule has 0 saturated heterocycles. The zero-order valence-corrected chi connectivity index (χ0v) is 16.7. The Balaban J connectivity index is 1.40. The molecule has 2 aliphatic rings. The number of hydrogen-bond donors (Lipinski definition) is 2. The van der Waals surface area contributed by atoms with Crippen LogP contribution in [0.2, 0.25) is 5.02 Å². The molecule has 1 aromatic carbocycles. The van der Waals surface area contributed by atoms with Crippen molar-refractivity contribution in [1.29, 1.82) is 5.26 Å². The first-order valence-corrected chi connectivity index (χ1v) is 10.3. The largest absolute Gasteiger partial charge is 0.339 e. The second-order valence-corrected chi connectivity index (χ2v) is 8.45. The minimum absolute atomic E-state index is 0.0665. The fourth-order valence-corrected chi connectivity index (χ4v) is 4.29. The van der Waals surface area contributed by atoms with Crippen LogP contribution in [0.4, 0.5) is 15.9 Å². The van der Waals surface area contributed by atoms with Crippen molar-refractivity contribution in [2.24, 2.45) is 11.8 Å². The normalized spacial score (nSPS) is 25.9. The van der Waals surface area contributed by atoms with Gasteiger partial charge in [0.25, 0.3) is 0 Å². The van der Waals surface area contributed by atoms with Crippen LogP contribution in [0.1, 0.15) is 45.1 Å². The number of benzene rings is 1. The Labute approximate surface area is 169 Å². The topological polar surface area (TPSA) is 65.7 Å². The predicted molar refractivity (Wildman–Crippen MR) is 108 cm³/mol. The molecule has 0 aliphatic heterocycles. The number of anilines is 2. The SMILES string of the molecule is CC(NC1CCC(n2ccc(Nc3ccc(Cl)c(F)c3)n2)C(C#N)C1)C1CC1. The third-order valence-corrected chi connectivity index (χ3v) is 6.25. The lowest BCUT2D eigenvalue weighted by atomic mass is 9.82. The summed E-state index contributed by atoms with van der Waals surface area (Å²) in [6.07, 6.45) is 7.36.